The lowest BCUT2D eigenvalue weighted by Gasteiger charge is -2.21. The Morgan fingerprint density at radius 3 is 2.45 bits per heavy atom. The Kier molecular flexibility index (Phi) is 3.50. The zero-order valence-corrected chi connectivity index (χ0v) is 13.2. The van der Waals surface area contributed by atoms with Crippen LogP contribution in [0.1, 0.15) is 39.6 Å². The summed E-state index contributed by atoms with van der Waals surface area (Å²) < 4.78 is 6.55. The Bertz CT molecular complexity index is 653. The average Bonchev–Trinajstić information content (AvgIpc) is 2.70. The Hall–Kier alpha value is -1.62. The number of rotatable bonds is 3. The van der Waals surface area contributed by atoms with Gasteiger partial charge >= 0.3 is 5.97 Å². The molecule has 0 aliphatic carbocycles. The van der Waals surface area contributed by atoms with Crippen LogP contribution in [0.25, 0.3) is 10.2 Å². The summed E-state index contributed by atoms with van der Waals surface area (Å²) in [5.41, 5.74) is -0.323. The molecule has 0 saturated carbocycles. The molecule has 0 spiro atoms. The van der Waals surface area contributed by atoms with Crippen molar-refractivity contribution >= 4 is 27.5 Å². The molecule has 1 aromatic carbocycles. The molecule has 4 nitrogen and oxygen atoms in total. The van der Waals surface area contributed by atoms with E-state index < -0.39 is 11.6 Å². The van der Waals surface area contributed by atoms with Crippen LogP contribution >= 0.6 is 11.3 Å². The van der Waals surface area contributed by atoms with Crippen molar-refractivity contribution in [2.24, 2.45) is 0 Å². The standard InChI is InChI=1S/C15H19NO3S/c1-14(2,3)12-16-10-7-6-9(8-11(10)20-12)19-15(4,5)13(17)18/h6-8H,1-5H3,(H,17,18). The summed E-state index contributed by atoms with van der Waals surface area (Å²) in [6, 6.07) is 5.49. The van der Waals surface area contributed by atoms with Gasteiger partial charge in [0.1, 0.15) is 5.75 Å². The van der Waals surface area contributed by atoms with E-state index in [1.165, 1.54) is 13.8 Å². The van der Waals surface area contributed by atoms with E-state index in [0.29, 0.717) is 5.75 Å². The summed E-state index contributed by atoms with van der Waals surface area (Å²) in [5.74, 6) is -0.439. The summed E-state index contributed by atoms with van der Waals surface area (Å²) in [6.45, 7) is 9.43. The highest BCUT2D eigenvalue weighted by atomic mass is 32.1. The van der Waals surface area contributed by atoms with Crippen LogP contribution in [-0.4, -0.2) is 21.7 Å². The molecule has 0 atom stereocenters. The van der Waals surface area contributed by atoms with Crippen LogP contribution < -0.4 is 4.74 Å². The summed E-state index contributed by atoms with van der Waals surface area (Å²) in [5, 5.41) is 10.1. The molecular formula is C15H19NO3S. The SMILES string of the molecule is CC(C)(Oc1ccc2nc(C(C)(C)C)sc2c1)C(=O)O. The molecule has 2 aromatic rings. The minimum absolute atomic E-state index is 0.00500. The minimum Gasteiger partial charge on any atom is -0.478 e. The first kappa shape index (κ1) is 14.8. The van der Waals surface area contributed by atoms with Crippen LogP contribution in [0.5, 0.6) is 5.75 Å². The van der Waals surface area contributed by atoms with Crippen molar-refractivity contribution in [3.05, 3.63) is 23.2 Å². The van der Waals surface area contributed by atoms with Gasteiger partial charge in [0.2, 0.25) is 0 Å². The van der Waals surface area contributed by atoms with E-state index in [-0.39, 0.29) is 5.41 Å². The number of nitrogens with zero attached hydrogens (tertiary/aromatic N) is 1. The molecule has 1 heterocycles. The van der Waals surface area contributed by atoms with Gasteiger partial charge in [-0.25, -0.2) is 9.78 Å². The third-order valence-corrected chi connectivity index (χ3v) is 4.33. The highest BCUT2D eigenvalue weighted by Gasteiger charge is 2.29. The van der Waals surface area contributed by atoms with Crippen LogP contribution in [0, 0.1) is 0 Å². The lowest BCUT2D eigenvalue weighted by Crippen LogP contribution is -2.37. The molecule has 0 saturated heterocycles. The Labute approximate surface area is 122 Å². The molecule has 0 fully saturated rings. The van der Waals surface area contributed by atoms with Crippen molar-refractivity contribution in [2.75, 3.05) is 0 Å². The largest absolute Gasteiger partial charge is 0.478 e. The number of hydrogen-bond acceptors (Lipinski definition) is 4. The predicted octanol–water partition coefficient (Wildman–Crippen LogP) is 3.84. The number of carboxylic acids is 1. The molecule has 2 rings (SSSR count). The third-order valence-electron chi connectivity index (χ3n) is 2.89. The number of thiazole rings is 1. The first-order valence-electron chi connectivity index (χ1n) is 6.43. The maximum absolute atomic E-state index is 11.1. The molecule has 1 aromatic heterocycles. The molecule has 0 amide bonds. The van der Waals surface area contributed by atoms with Gasteiger partial charge in [0.05, 0.1) is 15.2 Å². The van der Waals surface area contributed by atoms with Crippen molar-refractivity contribution in [3.8, 4) is 5.75 Å². The van der Waals surface area contributed by atoms with Crippen molar-refractivity contribution in [1.29, 1.82) is 0 Å². The summed E-state index contributed by atoms with van der Waals surface area (Å²) in [6.07, 6.45) is 0. The first-order valence-corrected chi connectivity index (χ1v) is 7.25. The van der Waals surface area contributed by atoms with Crippen LogP contribution in [0.3, 0.4) is 0 Å². The van der Waals surface area contributed by atoms with E-state index in [9.17, 15) is 4.79 Å². The number of carbonyl (C=O) groups is 1. The molecule has 0 bridgehead atoms. The monoisotopic (exact) mass is 293 g/mol. The van der Waals surface area contributed by atoms with E-state index in [1.807, 2.05) is 12.1 Å². The highest BCUT2D eigenvalue weighted by molar-refractivity contribution is 7.18. The normalized spacial score (nSPS) is 12.7. The molecule has 0 aliphatic rings. The molecule has 0 aliphatic heterocycles. The zero-order valence-electron chi connectivity index (χ0n) is 12.4. The van der Waals surface area contributed by atoms with E-state index >= 15 is 0 Å². The van der Waals surface area contributed by atoms with Crippen LogP contribution in [0.2, 0.25) is 0 Å². The Morgan fingerprint density at radius 2 is 1.90 bits per heavy atom. The van der Waals surface area contributed by atoms with Crippen molar-refractivity contribution < 1.29 is 14.6 Å². The fraction of sp³-hybridized carbons (Fsp3) is 0.467. The topological polar surface area (TPSA) is 59.4 Å². The maximum Gasteiger partial charge on any atom is 0.347 e. The van der Waals surface area contributed by atoms with Gasteiger partial charge in [0, 0.05) is 5.41 Å². The number of aromatic nitrogens is 1. The second kappa shape index (κ2) is 4.74. The average molecular weight is 293 g/mol. The molecule has 0 radical (unpaired) electrons. The number of carboxylic acid groups (broad SMARTS) is 1. The summed E-state index contributed by atoms with van der Waals surface area (Å²) in [4.78, 5) is 15.7. The van der Waals surface area contributed by atoms with Gasteiger partial charge in [-0.2, -0.15) is 0 Å². The lowest BCUT2D eigenvalue weighted by molar-refractivity contribution is -0.152. The second-order valence-corrected chi connectivity index (χ2v) is 7.35. The Morgan fingerprint density at radius 1 is 1.25 bits per heavy atom. The van der Waals surface area contributed by atoms with E-state index in [4.69, 9.17) is 9.84 Å². The number of fused-ring (bicyclic) bond motifs is 1. The highest BCUT2D eigenvalue weighted by Crippen LogP contribution is 2.33. The maximum atomic E-state index is 11.1. The van der Waals surface area contributed by atoms with Gasteiger partial charge in [0.25, 0.3) is 0 Å². The van der Waals surface area contributed by atoms with Gasteiger partial charge in [-0.15, -0.1) is 11.3 Å². The third kappa shape index (κ3) is 2.93. The van der Waals surface area contributed by atoms with Crippen molar-refractivity contribution in [2.45, 2.75) is 45.6 Å². The van der Waals surface area contributed by atoms with Gasteiger partial charge in [-0.3, -0.25) is 0 Å². The predicted molar refractivity (Wildman–Crippen MR) is 80.7 cm³/mol. The zero-order chi connectivity index (χ0) is 15.1. The fourth-order valence-corrected chi connectivity index (χ4v) is 2.68. The van der Waals surface area contributed by atoms with Gasteiger partial charge < -0.3 is 9.84 Å². The number of aliphatic carboxylic acids is 1. The smallest absolute Gasteiger partial charge is 0.347 e. The molecular weight excluding hydrogens is 274 g/mol. The molecule has 0 unspecified atom stereocenters. The lowest BCUT2D eigenvalue weighted by atomic mass is 9.98. The van der Waals surface area contributed by atoms with Crippen LogP contribution in [-0.2, 0) is 10.2 Å². The van der Waals surface area contributed by atoms with Gasteiger partial charge in [-0.05, 0) is 32.0 Å². The van der Waals surface area contributed by atoms with Gasteiger partial charge in [0.15, 0.2) is 5.60 Å². The quantitative estimate of drug-likeness (QED) is 0.934. The van der Waals surface area contributed by atoms with Crippen LogP contribution in [0.4, 0.5) is 0 Å². The Balaban J connectivity index is 2.37. The summed E-state index contributed by atoms with van der Waals surface area (Å²) in [7, 11) is 0. The van der Waals surface area contributed by atoms with Gasteiger partial charge in [-0.1, -0.05) is 20.8 Å². The van der Waals surface area contributed by atoms with Crippen molar-refractivity contribution in [3.63, 3.8) is 0 Å². The number of benzene rings is 1. The summed E-state index contributed by atoms with van der Waals surface area (Å²) >= 11 is 1.61. The molecule has 108 valence electrons. The van der Waals surface area contributed by atoms with E-state index in [1.54, 1.807) is 17.4 Å². The van der Waals surface area contributed by atoms with Crippen LogP contribution in [0.15, 0.2) is 18.2 Å². The molecule has 20 heavy (non-hydrogen) atoms. The minimum atomic E-state index is -1.24. The molecule has 5 heteroatoms. The van der Waals surface area contributed by atoms with Crippen molar-refractivity contribution in [1.82, 2.24) is 4.98 Å². The first-order chi connectivity index (χ1) is 9.09. The number of ether oxygens (including phenoxy) is 1. The van der Waals surface area contributed by atoms with E-state index in [2.05, 4.69) is 25.8 Å². The second-order valence-electron chi connectivity index (χ2n) is 6.32. The fourth-order valence-electron chi connectivity index (χ4n) is 1.63. The van der Waals surface area contributed by atoms with E-state index in [0.717, 1.165) is 15.2 Å². The number of hydrogen-bond donors (Lipinski definition) is 1. The molecule has 1 N–H and O–H groups in total.